The fourth-order valence-electron chi connectivity index (χ4n) is 2.47. The molecular weight excluding hydrogens is 443 g/mol. The van der Waals surface area contributed by atoms with E-state index in [4.69, 9.17) is 4.98 Å². The summed E-state index contributed by atoms with van der Waals surface area (Å²) in [5.74, 6) is 1.06. The van der Waals surface area contributed by atoms with Crippen molar-refractivity contribution in [3.8, 4) is 17.1 Å². The summed E-state index contributed by atoms with van der Waals surface area (Å²) in [7, 11) is 0. The van der Waals surface area contributed by atoms with Crippen molar-refractivity contribution in [2.75, 3.05) is 0 Å². The molecule has 0 aliphatic heterocycles. The molecule has 0 aliphatic carbocycles. The van der Waals surface area contributed by atoms with Gasteiger partial charge in [0.05, 0.1) is 16.6 Å². The van der Waals surface area contributed by atoms with E-state index in [0.717, 1.165) is 30.5 Å². The van der Waals surface area contributed by atoms with Crippen LogP contribution in [-0.4, -0.2) is 14.7 Å². The zero-order chi connectivity index (χ0) is 15.1. The summed E-state index contributed by atoms with van der Waals surface area (Å²) in [5, 5.41) is 10.2. The van der Waals surface area contributed by atoms with Gasteiger partial charge in [0.15, 0.2) is 0 Å². The van der Waals surface area contributed by atoms with Gasteiger partial charge in [0.25, 0.3) is 0 Å². The van der Waals surface area contributed by atoms with Gasteiger partial charge in [-0.2, -0.15) is 0 Å². The number of rotatable bonds is 2. The van der Waals surface area contributed by atoms with Crippen LogP contribution in [0, 0.1) is 3.57 Å². The van der Waals surface area contributed by atoms with E-state index in [2.05, 4.69) is 63.0 Å². The Labute approximate surface area is 145 Å². The van der Waals surface area contributed by atoms with Gasteiger partial charge >= 0.3 is 0 Å². The number of aromatic hydroxyl groups is 1. The molecule has 0 saturated carbocycles. The molecule has 0 amide bonds. The number of halogens is 2. The highest BCUT2D eigenvalue weighted by molar-refractivity contribution is 14.1. The standard InChI is InChI=1S/C16H14BrIN2O/c1-9(2)20-14-5-3-10(17)7-13(14)19-16(20)12-8-11(18)4-6-15(12)21/h3-9,21H,1-2H3. The number of nitrogens with zero attached hydrogens (tertiary/aromatic N) is 2. The molecule has 21 heavy (non-hydrogen) atoms. The Morgan fingerprint density at radius 1 is 1.19 bits per heavy atom. The van der Waals surface area contributed by atoms with Crippen molar-refractivity contribution in [1.29, 1.82) is 0 Å². The fraction of sp³-hybridized carbons (Fsp3) is 0.188. The summed E-state index contributed by atoms with van der Waals surface area (Å²) < 4.78 is 4.23. The smallest absolute Gasteiger partial charge is 0.145 e. The molecule has 5 heteroatoms. The number of hydrogen-bond acceptors (Lipinski definition) is 2. The molecule has 1 aromatic heterocycles. The minimum absolute atomic E-state index is 0.253. The van der Waals surface area contributed by atoms with Gasteiger partial charge in [0.1, 0.15) is 11.6 Å². The van der Waals surface area contributed by atoms with E-state index >= 15 is 0 Å². The van der Waals surface area contributed by atoms with Crippen LogP contribution in [0.4, 0.5) is 0 Å². The molecule has 0 spiro atoms. The lowest BCUT2D eigenvalue weighted by atomic mass is 10.2. The predicted octanol–water partition coefficient (Wildman–Crippen LogP) is 5.36. The van der Waals surface area contributed by atoms with Gasteiger partial charge in [-0.1, -0.05) is 15.9 Å². The average Bonchev–Trinajstić information content (AvgIpc) is 2.79. The van der Waals surface area contributed by atoms with E-state index in [9.17, 15) is 5.11 Å². The Morgan fingerprint density at radius 2 is 1.95 bits per heavy atom. The summed E-state index contributed by atoms with van der Waals surface area (Å²) in [6, 6.07) is 11.9. The van der Waals surface area contributed by atoms with Crippen molar-refractivity contribution in [2.45, 2.75) is 19.9 Å². The normalized spacial score (nSPS) is 11.5. The number of phenols is 1. The largest absolute Gasteiger partial charge is 0.507 e. The molecule has 108 valence electrons. The van der Waals surface area contributed by atoms with Crippen molar-refractivity contribution in [3.63, 3.8) is 0 Å². The fourth-order valence-corrected chi connectivity index (χ4v) is 3.31. The molecule has 0 saturated heterocycles. The minimum Gasteiger partial charge on any atom is -0.507 e. The number of phenolic OH excluding ortho intramolecular Hbond substituents is 1. The second-order valence-electron chi connectivity index (χ2n) is 5.19. The van der Waals surface area contributed by atoms with Gasteiger partial charge in [-0.15, -0.1) is 0 Å². The van der Waals surface area contributed by atoms with Crippen LogP contribution in [0.1, 0.15) is 19.9 Å². The number of fused-ring (bicyclic) bond motifs is 1. The third-order valence-electron chi connectivity index (χ3n) is 3.37. The molecule has 0 fully saturated rings. The molecule has 3 aromatic rings. The molecule has 1 heterocycles. The molecule has 0 atom stereocenters. The molecule has 3 rings (SSSR count). The molecular formula is C16H14BrIN2O. The first-order valence-corrected chi connectivity index (χ1v) is 8.51. The topological polar surface area (TPSA) is 38.0 Å². The first kappa shape index (κ1) is 14.8. The van der Waals surface area contributed by atoms with E-state index in [1.54, 1.807) is 6.07 Å². The zero-order valence-corrected chi connectivity index (χ0v) is 15.4. The lowest BCUT2D eigenvalue weighted by Crippen LogP contribution is -2.03. The summed E-state index contributed by atoms with van der Waals surface area (Å²) in [5.41, 5.74) is 2.76. The summed E-state index contributed by atoms with van der Waals surface area (Å²) in [6.45, 7) is 4.25. The van der Waals surface area contributed by atoms with E-state index in [-0.39, 0.29) is 11.8 Å². The van der Waals surface area contributed by atoms with Crippen LogP contribution in [-0.2, 0) is 0 Å². The van der Waals surface area contributed by atoms with Crippen molar-refractivity contribution >= 4 is 49.6 Å². The zero-order valence-electron chi connectivity index (χ0n) is 11.6. The second kappa shape index (κ2) is 5.61. The van der Waals surface area contributed by atoms with E-state index in [1.807, 2.05) is 24.3 Å². The highest BCUT2D eigenvalue weighted by atomic mass is 127. The van der Waals surface area contributed by atoms with Crippen LogP contribution < -0.4 is 0 Å². The minimum atomic E-state index is 0.253. The van der Waals surface area contributed by atoms with E-state index in [0.29, 0.717) is 0 Å². The van der Waals surface area contributed by atoms with Crippen molar-refractivity contribution in [2.24, 2.45) is 0 Å². The molecule has 0 bridgehead atoms. The van der Waals surface area contributed by atoms with Gasteiger partial charge < -0.3 is 9.67 Å². The Hall–Kier alpha value is -1.08. The van der Waals surface area contributed by atoms with Crippen LogP contribution in [0.5, 0.6) is 5.75 Å². The van der Waals surface area contributed by atoms with Crippen LogP contribution in [0.15, 0.2) is 40.9 Å². The summed E-state index contributed by atoms with van der Waals surface area (Å²) in [6.07, 6.45) is 0. The lowest BCUT2D eigenvalue weighted by Gasteiger charge is -2.14. The van der Waals surface area contributed by atoms with Gasteiger partial charge in [-0.25, -0.2) is 4.98 Å². The number of hydrogen-bond donors (Lipinski definition) is 1. The highest BCUT2D eigenvalue weighted by Crippen LogP contribution is 2.35. The van der Waals surface area contributed by atoms with Crippen molar-refractivity contribution in [3.05, 3.63) is 44.4 Å². The Bertz CT molecular complexity index is 827. The van der Waals surface area contributed by atoms with Crippen LogP contribution in [0.25, 0.3) is 22.4 Å². The number of imidazole rings is 1. The first-order chi connectivity index (χ1) is 9.97. The second-order valence-corrected chi connectivity index (χ2v) is 7.35. The number of aromatic nitrogens is 2. The van der Waals surface area contributed by atoms with Gasteiger partial charge in [-0.05, 0) is 72.8 Å². The third-order valence-corrected chi connectivity index (χ3v) is 4.53. The SMILES string of the molecule is CC(C)n1c(-c2cc(I)ccc2O)nc2cc(Br)ccc21. The predicted molar refractivity (Wildman–Crippen MR) is 97.6 cm³/mol. The maximum atomic E-state index is 10.2. The van der Waals surface area contributed by atoms with Crippen LogP contribution in [0.2, 0.25) is 0 Å². The average molecular weight is 457 g/mol. The van der Waals surface area contributed by atoms with E-state index < -0.39 is 0 Å². The third kappa shape index (κ3) is 2.68. The Morgan fingerprint density at radius 3 is 2.67 bits per heavy atom. The lowest BCUT2D eigenvalue weighted by molar-refractivity contribution is 0.476. The Balaban J connectivity index is 2.36. The first-order valence-electron chi connectivity index (χ1n) is 6.63. The monoisotopic (exact) mass is 456 g/mol. The molecule has 0 unspecified atom stereocenters. The van der Waals surface area contributed by atoms with Crippen LogP contribution >= 0.6 is 38.5 Å². The van der Waals surface area contributed by atoms with Crippen LogP contribution in [0.3, 0.4) is 0 Å². The molecule has 2 aromatic carbocycles. The molecule has 3 nitrogen and oxygen atoms in total. The van der Waals surface area contributed by atoms with Gasteiger partial charge in [-0.3, -0.25) is 0 Å². The van der Waals surface area contributed by atoms with Crippen molar-refractivity contribution < 1.29 is 5.11 Å². The van der Waals surface area contributed by atoms with E-state index in [1.165, 1.54) is 0 Å². The van der Waals surface area contributed by atoms with Gasteiger partial charge in [0.2, 0.25) is 0 Å². The molecule has 0 radical (unpaired) electrons. The Kier molecular flexibility index (Phi) is 3.96. The highest BCUT2D eigenvalue weighted by Gasteiger charge is 2.17. The van der Waals surface area contributed by atoms with Gasteiger partial charge in [0, 0.05) is 14.1 Å². The number of benzene rings is 2. The molecule has 0 aliphatic rings. The summed E-state index contributed by atoms with van der Waals surface area (Å²) >= 11 is 5.73. The van der Waals surface area contributed by atoms with Crippen molar-refractivity contribution in [1.82, 2.24) is 9.55 Å². The quantitative estimate of drug-likeness (QED) is 0.527. The summed E-state index contributed by atoms with van der Waals surface area (Å²) in [4.78, 5) is 4.74. The maximum absolute atomic E-state index is 10.2. The maximum Gasteiger partial charge on any atom is 0.145 e. The molecule has 1 N–H and O–H groups in total.